The lowest BCUT2D eigenvalue weighted by Gasteiger charge is -2.32. The summed E-state index contributed by atoms with van der Waals surface area (Å²) in [5.41, 5.74) is 2.78. The van der Waals surface area contributed by atoms with Gasteiger partial charge in [-0.15, -0.1) is 0 Å². The summed E-state index contributed by atoms with van der Waals surface area (Å²) in [7, 11) is 0. The van der Waals surface area contributed by atoms with Gasteiger partial charge < -0.3 is 15.0 Å². The lowest BCUT2D eigenvalue weighted by Crippen LogP contribution is -2.52. The summed E-state index contributed by atoms with van der Waals surface area (Å²) < 4.78 is 6.72. The Morgan fingerprint density at radius 3 is 2.31 bits per heavy atom. The minimum atomic E-state index is -0.777. The number of nitrogens with zero attached hydrogens (tertiary/aromatic N) is 1. The minimum Gasteiger partial charge on any atom is -0.483 e. The van der Waals surface area contributed by atoms with E-state index in [9.17, 15) is 9.59 Å². The highest BCUT2D eigenvalue weighted by atomic mass is 79.9. The van der Waals surface area contributed by atoms with E-state index in [2.05, 4.69) is 35.1 Å². The van der Waals surface area contributed by atoms with E-state index in [1.807, 2.05) is 62.4 Å². The number of hydrogen-bond donors (Lipinski definition) is 1. The van der Waals surface area contributed by atoms with Gasteiger partial charge in [-0.05, 0) is 68.7 Å². The first-order valence-electron chi connectivity index (χ1n) is 13.0. The van der Waals surface area contributed by atoms with Crippen LogP contribution in [-0.2, 0) is 22.6 Å². The smallest absolute Gasteiger partial charge is 0.261 e. The fourth-order valence-corrected chi connectivity index (χ4v) is 5.00. The number of halogens is 3. The molecular formula is C31H35BrCl2N2O3. The zero-order valence-corrected chi connectivity index (χ0v) is 25.8. The van der Waals surface area contributed by atoms with Gasteiger partial charge in [-0.2, -0.15) is 0 Å². The van der Waals surface area contributed by atoms with Crippen LogP contribution in [0.25, 0.3) is 0 Å². The summed E-state index contributed by atoms with van der Waals surface area (Å²) >= 11 is 16.2. The molecule has 0 aliphatic rings. The number of carbonyl (C=O) groups is 2. The molecule has 0 aromatic heterocycles. The SMILES string of the molecule is CC(C)CNC(=O)[C@@H](Cc1ccccc1)N(Cc1ccc(Cl)cc1Cl)C(=O)COc1ccc(C(C)C)cc1Br. The van der Waals surface area contributed by atoms with Gasteiger partial charge in [0.05, 0.1) is 4.47 Å². The van der Waals surface area contributed by atoms with Gasteiger partial charge in [-0.3, -0.25) is 9.59 Å². The third kappa shape index (κ3) is 9.26. The average Bonchev–Trinajstić information content (AvgIpc) is 2.90. The van der Waals surface area contributed by atoms with Crippen LogP contribution < -0.4 is 10.1 Å². The maximum absolute atomic E-state index is 13.8. The van der Waals surface area contributed by atoms with Crippen LogP contribution >= 0.6 is 39.1 Å². The van der Waals surface area contributed by atoms with Crippen molar-refractivity contribution in [2.75, 3.05) is 13.2 Å². The number of nitrogens with one attached hydrogen (secondary N) is 1. The minimum absolute atomic E-state index is 0.123. The van der Waals surface area contributed by atoms with Crippen molar-refractivity contribution in [3.05, 3.63) is 97.9 Å². The standard InChI is InChI=1S/C31H35BrCl2N2O3/c1-20(2)17-35-31(38)28(14-22-8-6-5-7-9-22)36(18-24-10-12-25(33)16-27(24)34)30(37)19-39-29-13-11-23(21(3)4)15-26(29)32/h5-13,15-16,20-21,28H,14,17-19H2,1-4H3,(H,35,38)/t28-/m1/s1. The maximum Gasteiger partial charge on any atom is 0.261 e. The first-order valence-corrected chi connectivity index (χ1v) is 14.6. The summed E-state index contributed by atoms with van der Waals surface area (Å²) in [5, 5.41) is 3.93. The Bertz CT molecular complexity index is 1270. The summed E-state index contributed by atoms with van der Waals surface area (Å²) in [6.45, 7) is 8.66. The summed E-state index contributed by atoms with van der Waals surface area (Å²) in [6.07, 6.45) is 0.342. The van der Waals surface area contributed by atoms with E-state index < -0.39 is 6.04 Å². The number of benzene rings is 3. The van der Waals surface area contributed by atoms with Crippen LogP contribution in [0.15, 0.2) is 71.2 Å². The molecule has 0 radical (unpaired) electrons. The second kappa shape index (κ2) is 14.7. The summed E-state index contributed by atoms with van der Waals surface area (Å²) in [6, 6.07) is 19.8. The molecule has 208 valence electrons. The van der Waals surface area contributed by atoms with Gasteiger partial charge in [-0.25, -0.2) is 0 Å². The molecular weight excluding hydrogens is 599 g/mol. The van der Waals surface area contributed by atoms with Crippen LogP contribution in [0, 0.1) is 5.92 Å². The van der Waals surface area contributed by atoms with Gasteiger partial charge in [0.15, 0.2) is 6.61 Å². The highest BCUT2D eigenvalue weighted by Crippen LogP contribution is 2.29. The molecule has 2 amide bonds. The zero-order valence-electron chi connectivity index (χ0n) is 22.7. The number of carbonyl (C=O) groups excluding carboxylic acids is 2. The Labute approximate surface area is 250 Å². The van der Waals surface area contributed by atoms with Gasteiger partial charge in [0.2, 0.25) is 5.91 Å². The van der Waals surface area contributed by atoms with Crippen molar-refractivity contribution in [1.82, 2.24) is 10.2 Å². The van der Waals surface area contributed by atoms with Crippen molar-refractivity contribution in [2.24, 2.45) is 5.92 Å². The first-order chi connectivity index (χ1) is 18.5. The zero-order chi connectivity index (χ0) is 28.5. The number of rotatable bonds is 12. The molecule has 0 aliphatic heterocycles. The Kier molecular flexibility index (Phi) is 11.7. The fraction of sp³-hybridized carbons (Fsp3) is 0.355. The van der Waals surface area contributed by atoms with Crippen molar-refractivity contribution in [2.45, 2.75) is 52.6 Å². The number of ether oxygens (including phenoxy) is 1. The molecule has 0 spiro atoms. The van der Waals surface area contributed by atoms with Gasteiger partial charge in [-0.1, -0.05) is 93.4 Å². The lowest BCUT2D eigenvalue weighted by molar-refractivity contribution is -0.142. The van der Waals surface area contributed by atoms with Crippen LogP contribution in [-0.4, -0.2) is 35.9 Å². The molecule has 39 heavy (non-hydrogen) atoms. The fourth-order valence-electron chi connectivity index (χ4n) is 4.03. The van der Waals surface area contributed by atoms with Crippen LogP contribution in [0.2, 0.25) is 10.0 Å². The molecule has 8 heteroatoms. The van der Waals surface area contributed by atoms with Crippen molar-refractivity contribution < 1.29 is 14.3 Å². The van der Waals surface area contributed by atoms with Crippen LogP contribution in [0.5, 0.6) is 5.75 Å². The monoisotopic (exact) mass is 632 g/mol. The molecule has 0 unspecified atom stereocenters. The van der Waals surface area contributed by atoms with E-state index in [0.717, 1.165) is 15.6 Å². The van der Waals surface area contributed by atoms with E-state index in [4.69, 9.17) is 27.9 Å². The van der Waals surface area contributed by atoms with E-state index in [1.165, 1.54) is 0 Å². The second-order valence-electron chi connectivity index (χ2n) is 10.2. The Balaban J connectivity index is 1.93. The van der Waals surface area contributed by atoms with Crippen molar-refractivity contribution in [3.8, 4) is 5.75 Å². The second-order valence-corrected chi connectivity index (χ2v) is 11.9. The van der Waals surface area contributed by atoms with Gasteiger partial charge >= 0.3 is 0 Å². The summed E-state index contributed by atoms with van der Waals surface area (Å²) in [4.78, 5) is 28.9. The Hall–Kier alpha value is -2.54. The predicted octanol–water partition coefficient (Wildman–Crippen LogP) is 7.67. The van der Waals surface area contributed by atoms with E-state index in [0.29, 0.717) is 40.2 Å². The normalized spacial score (nSPS) is 11.9. The average molecular weight is 634 g/mol. The number of hydrogen-bond acceptors (Lipinski definition) is 3. The summed E-state index contributed by atoms with van der Waals surface area (Å²) in [5.74, 6) is 0.617. The van der Waals surface area contributed by atoms with Crippen molar-refractivity contribution in [1.29, 1.82) is 0 Å². The van der Waals surface area contributed by atoms with Crippen LogP contribution in [0.1, 0.15) is 50.3 Å². The quantitative estimate of drug-likeness (QED) is 0.223. The molecule has 0 aliphatic carbocycles. The lowest BCUT2D eigenvalue weighted by atomic mass is 10.0. The van der Waals surface area contributed by atoms with Gasteiger partial charge in [0, 0.05) is 29.6 Å². The first kappa shape index (κ1) is 31.0. The van der Waals surface area contributed by atoms with E-state index in [1.54, 1.807) is 23.1 Å². The van der Waals surface area contributed by atoms with Crippen molar-refractivity contribution in [3.63, 3.8) is 0 Å². The molecule has 1 atom stereocenters. The molecule has 0 bridgehead atoms. The van der Waals surface area contributed by atoms with E-state index in [-0.39, 0.29) is 30.9 Å². The topological polar surface area (TPSA) is 58.6 Å². The largest absolute Gasteiger partial charge is 0.483 e. The molecule has 1 N–H and O–H groups in total. The molecule has 3 rings (SSSR count). The van der Waals surface area contributed by atoms with E-state index >= 15 is 0 Å². The maximum atomic E-state index is 13.8. The Morgan fingerprint density at radius 1 is 0.974 bits per heavy atom. The highest BCUT2D eigenvalue weighted by molar-refractivity contribution is 9.10. The Morgan fingerprint density at radius 2 is 1.69 bits per heavy atom. The third-order valence-corrected chi connectivity index (χ3v) is 7.49. The number of amides is 2. The third-order valence-electron chi connectivity index (χ3n) is 6.29. The molecule has 0 fully saturated rings. The molecule has 0 saturated carbocycles. The highest BCUT2D eigenvalue weighted by Gasteiger charge is 2.31. The molecule has 0 saturated heterocycles. The molecule has 3 aromatic rings. The predicted molar refractivity (Wildman–Crippen MR) is 163 cm³/mol. The van der Waals surface area contributed by atoms with Gasteiger partial charge in [0.1, 0.15) is 11.8 Å². The van der Waals surface area contributed by atoms with Gasteiger partial charge in [0.25, 0.3) is 5.91 Å². The molecule has 5 nitrogen and oxygen atoms in total. The molecule has 3 aromatic carbocycles. The van der Waals surface area contributed by atoms with Crippen LogP contribution in [0.3, 0.4) is 0 Å². The van der Waals surface area contributed by atoms with Crippen LogP contribution in [0.4, 0.5) is 0 Å². The molecule has 0 heterocycles. The van der Waals surface area contributed by atoms with Crippen molar-refractivity contribution >= 4 is 50.9 Å².